The van der Waals surface area contributed by atoms with E-state index in [1.54, 1.807) is 6.33 Å². The van der Waals surface area contributed by atoms with Gasteiger partial charge in [0.2, 0.25) is 10.0 Å². The Bertz CT molecular complexity index is 934. The zero-order valence-corrected chi connectivity index (χ0v) is 16.1. The number of aryl methyl sites for hydroxylation is 3. The van der Waals surface area contributed by atoms with Crippen LogP contribution in [0.1, 0.15) is 39.3 Å². The Balaban J connectivity index is 1.83. The number of nitrogens with one attached hydrogen (secondary N) is 1. The molecule has 0 fully saturated rings. The molecule has 8 heteroatoms. The van der Waals surface area contributed by atoms with Gasteiger partial charge < -0.3 is 9.47 Å². The summed E-state index contributed by atoms with van der Waals surface area (Å²) in [6.07, 6.45) is 3.68. The van der Waals surface area contributed by atoms with Crippen LogP contribution in [0, 0.1) is 13.8 Å². The average molecular weight is 376 g/mol. The molecule has 0 saturated heterocycles. The van der Waals surface area contributed by atoms with Gasteiger partial charge in [0.25, 0.3) is 5.91 Å². The Labute approximate surface area is 154 Å². The van der Waals surface area contributed by atoms with Crippen molar-refractivity contribution in [1.29, 1.82) is 0 Å². The van der Waals surface area contributed by atoms with Crippen LogP contribution < -0.4 is 4.72 Å². The normalized spacial score (nSPS) is 14.8. The van der Waals surface area contributed by atoms with Gasteiger partial charge >= 0.3 is 0 Å². The predicted molar refractivity (Wildman–Crippen MR) is 99.2 cm³/mol. The standard InChI is InChI=1S/C18H24N4O3S/c1-13-5-6-15(9-14(13)2)18(23)21-7-4-8-22-12-19-16(17(22)11-21)10-20-26(3,24)25/h5-6,9,12,20H,4,7-8,10-11H2,1-3H3. The molecule has 7 nitrogen and oxygen atoms in total. The maximum atomic E-state index is 13.0. The summed E-state index contributed by atoms with van der Waals surface area (Å²) in [7, 11) is -3.30. The van der Waals surface area contributed by atoms with Crippen molar-refractivity contribution in [2.24, 2.45) is 0 Å². The average Bonchev–Trinajstić information content (AvgIpc) is 2.82. The molecule has 0 aliphatic carbocycles. The lowest BCUT2D eigenvalue weighted by atomic mass is 10.1. The van der Waals surface area contributed by atoms with Crippen molar-refractivity contribution >= 4 is 15.9 Å². The van der Waals surface area contributed by atoms with Crippen molar-refractivity contribution in [1.82, 2.24) is 19.2 Å². The first-order valence-corrected chi connectivity index (χ1v) is 10.5. The number of nitrogens with zero attached hydrogens (tertiary/aromatic N) is 3. The van der Waals surface area contributed by atoms with Gasteiger partial charge in [-0.25, -0.2) is 18.1 Å². The van der Waals surface area contributed by atoms with Crippen LogP contribution in [0.3, 0.4) is 0 Å². The SMILES string of the molecule is Cc1ccc(C(=O)N2CCCn3cnc(CNS(C)(=O)=O)c3C2)cc1C. The molecule has 2 heterocycles. The van der Waals surface area contributed by atoms with Gasteiger partial charge in [-0.2, -0.15) is 0 Å². The fourth-order valence-corrected chi connectivity index (χ4v) is 3.49. The minimum atomic E-state index is -3.30. The van der Waals surface area contributed by atoms with E-state index in [0.717, 1.165) is 36.0 Å². The number of carbonyl (C=O) groups excluding carboxylic acids is 1. The molecule has 3 rings (SSSR count). The van der Waals surface area contributed by atoms with Crippen LogP contribution >= 0.6 is 0 Å². The molecule has 0 radical (unpaired) electrons. The first-order chi connectivity index (χ1) is 12.2. The second-order valence-electron chi connectivity index (χ2n) is 6.80. The smallest absolute Gasteiger partial charge is 0.254 e. The fraction of sp³-hybridized carbons (Fsp3) is 0.444. The second kappa shape index (κ2) is 7.20. The zero-order chi connectivity index (χ0) is 18.9. The summed E-state index contributed by atoms with van der Waals surface area (Å²) >= 11 is 0. The quantitative estimate of drug-likeness (QED) is 0.878. The molecule has 1 aromatic carbocycles. The van der Waals surface area contributed by atoms with E-state index in [4.69, 9.17) is 0 Å². The summed E-state index contributed by atoms with van der Waals surface area (Å²) in [4.78, 5) is 19.1. The topological polar surface area (TPSA) is 84.3 Å². The Morgan fingerprint density at radius 1 is 1.23 bits per heavy atom. The lowest BCUT2D eigenvalue weighted by Crippen LogP contribution is -2.31. The van der Waals surface area contributed by atoms with Gasteiger partial charge in [0.05, 0.1) is 37.1 Å². The summed E-state index contributed by atoms with van der Waals surface area (Å²) < 4.78 is 27.2. The highest BCUT2D eigenvalue weighted by molar-refractivity contribution is 7.88. The van der Waals surface area contributed by atoms with Crippen molar-refractivity contribution in [2.75, 3.05) is 12.8 Å². The number of rotatable bonds is 4. The Hall–Kier alpha value is -2.19. The molecule has 0 atom stereocenters. The van der Waals surface area contributed by atoms with Crippen LogP contribution in [0.4, 0.5) is 0 Å². The van der Waals surface area contributed by atoms with Gasteiger partial charge in [-0.3, -0.25) is 4.79 Å². The monoisotopic (exact) mass is 376 g/mol. The van der Waals surface area contributed by atoms with Crippen LogP contribution in [0.25, 0.3) is 0 Å². The maximum absolute atomic E-state index is 13.0. The molecule has 0 bridgehead atoms. The van der Waals surface area contributed by atoms with Gasteiger partial charge in [0.15, 0.2) is 0 Å². The van der Waals surface area contributed by atoms with Crippen LogP contribution in [0.2, 0.25) is 0 Å². The molecule has 26 heavy (non-hydrogen) atoms. The van der Waals surface area contributed by atoms with Crippen molar-refractivity contribution in [3.05, 3.63) is 52.6 Å². The lowest BCUT2D eigenvalue weighted by Gasteiger charge is -2.21. The molecule has 0 saturated carbocycles. The highest BCUT2D eigenvalue weighted by atomic mass is 32.2. The lowest BCUT2D eigenvalue weighted by molar-refractivity contribution is 0.0745. The Morgan fingerprint density at radius 2 is 2.00 bits per heavy atom. The van der Waals surface area contributed by atoms with Gasteiger partial charge in [-0.1, -0.05) is 6.07 Å². The number of sulfonamides is 1. The first kappa shape index (κ1) is 18.6. The third kappa shape index (κ3) is 4.13. The van der Waals surface area contributed by atoms with Gasteiger partial charge in [-0.05, 0) is 43.5 Å². The molecule has 1 amide bonds. The number of aromatic nitrogens is 2. The molecule has 0 unspecified atom stereocenters. The highest BCUT2D eigenvalue weighted by Gasteiger charge is 2.23. The number of hydrogen-bond acceptors (Lipinski definition) is 4. The Kier molecular flexibility index (Phi) is 5.15. The van der Waals surface area contributed by atoms with Gasteiger partial charge in [0.1, 0.15) is 0 Å². The van der Waals surface area contributed by atoms with Crippen LogP contribution in [0.15, 0.2) is 24.5 Å². The zero-order valence-electron chi connectivity index (χ0n) is 15.3. The molecule has 140 valence electrons. The minimum Gasteiger partial charge on any atom is -0.333 e. The van der Waals surface area contributed by atoms with Crippen molar-refractivity contribution < 1.29 is 13.2 Å². The van der Waals surface area contributed by atoms with Gasteiger partial charge in [-0.15, -0.1) is 0 Å². The first-order valence-electron chi connectivity index (χ1n) is 8.58. The Morgan fingerprint density at radius 3 is 2.69 bits per heavy atom. The fourth-order valence-electron chi connectivity index (χ4n) is 3.09. The predicted octanol–water partition coefficient (Wildman–Crippen LogP) is 1.60. The van der Waals surface area contributed by atoms with Crippen LogP contribution in [-0.4, -0.2) is 41.6 Å². The third-order valence-electron chi connectivity index (χ3n) is 4.74. The van der Waals surface area contributed by atoms with E-state index in [2.05, 4.69) is 9.71 Å². The molecule has 1 N–H and O–H groups in total. The summed E-state index contributed by atoms with van der Waals surface area (Å²) in [6.45, 7) is 6.00. The van der Waals surface area contributed by atoms with E-state index in [1.807, 2.05) is 41.5 Å². The molecular weight excluding hydrogens is 352 g/mol. The number of imidazole rings is 1. The van der Waals surface area contributed by atoms with E-state index in [-0.39, 0.29) is 12.5 Å². The molecule has 1 aromatic heterocycles. The molecule has 1 aliphatic rings. The number of amides is 1. The van der Waals surface area contributed by atoms with E-state index in [0.29, 0.717) is 24.3 Å². The third-order valence-corrected chi connectivity index (χ3v) is 5.41. The molecule has 1 aliphatic heterocycles. The van der Waals surface area contributed by atoms with E-state index >= 15 is 0 Å². The maximum Gasteiger partial charge on any atom is 0.254 e. The summed E-state index contributed by atoms with van der Waals surface area (Å²) in [5, 5.41) is 0. The number of hydrogen-bond donors (Lipinski definition) is 1. The van der Waals surface area contributed by atoms with E-state index in [1.165, 1.54) is 0 Å². The summed E-state index contributed by atoms with van der Waals surface area (Å²) in [5.74, 6) is -0.00947. The van der Waals surface area contributed by atoms with Crippen LogP contribution in [-0.2, 0) is 29.7 Å². The molecule has 0 spiro atoms. The molecular formula is C18H24N4O3S. The van der Waals surface area contributed by atoms with Crippen molar-refractivity contribution in [3.8, 4) is 0 Å². The van der Waals surface area contributed by atoms with Gasteiger partial charge in [0, 0.05) is 18.7 Å². The highest BCUT2D eigenvalue weighted by Crippen LogP contribution is 2.19. The van der Waals surface area contributed by atoms with E-state index in [9.17, 15) is 13.2 Å². The molecule has 2 aromatic rings. The number of fused-ring (bicyclic) bond motifs is 1. The van der Waals surface area contributed by atoms with Crippen molar-refractivity contribution in [2.45, 2.75) is 39.9 Å². The summed E-state index contributed by atoms with van der Waals surface area (Å²) in [5.41, 5.74) is 4.47. The minimum absolute atomic E-state index is 0.00947. The number of benzene rings is 1. The largest absolute Gasteiger partial charge is 0.333 e. The van der Waals surface area contributed by atoms with Crippen LogP contribution in [0.5, 0.6) is 0 Å². The number of carbonyl (C=O) groups is 1. The van der Waals surface area contributed by atoms with Crippen molar-refractivity contribution in [3.63, 3.8) is 0 Å². The van der Waals surface area contributed by atoms with E-state index < -0.39 is 10.0 Å². The summed E-state index contributed by atoms with van der Waals surface area (Å²) in [6, 6.07) is 5.75. The second-order valence-corrected chi connectivity index (χ2v) is 8.64.